The van der Waals surface area contributed by atoms with Gasteiger partial charge in [0.15, 0.2) is 5.82 Å². The third kappa shape index (κ3) is 3.59. The summed E-state index contributed by atoms with van der Waals surface area (Å²) in [6.45, 7) is 8.72. The fourth-order valence-electron chi connectivity index (χ4n) is 3.77. The topological polar surface area (TPSA) is 68.3 Å². The maximum atomic E-state index is 12.3. The number of hydrogen-bond donors (Lipinski definition) is 0. The number of aromatic nitrogens is 5. The molecule has 142 valence electrons. The molecule has 0 aromatic carbocycles. The number of anilines is 1. The van der Waals surface area contributed by atoms with Crippen molar-refractivity contribution in [1.82, 2.24) is 24.1 Å². The molecule has 7 nitrogen and oxygen atoms in total. The zero-order valence-electron chi connectivity index (χ0n) is 16.2. The molecule has 0 spiro atoms. The van der Waals surface area contributed by atoms with Crippen LogP contribution in [0.15, 0.2) is 35.6 Å². The van der Waals surface area contributed by atoms with Crippen LogP contribution in [0.3, 0.4) is 0 Å². The van der Waals surface area contributed by atoms with Crippen molar-refractivity contribution in [2.75, 3.05) is 18.0 Å². The average molecular weight is 366 g/mol. The van der Waals surface area contributed by atoms with Crippen molar-refractivity contribution in [3.63, 3.8) is 0 Å². The summed E-state index contributed by atoms with van der Waals surface area (Å²) in [6, 6.07) is 3.75. The van der Waals surface area contributed by atoms with Crippen LogP contribution in [0.1, 0.15) is 44.0 Å². The van der Waals surface area contributed by atoms with Crippen molar-refractivity contribution in [3.8, 4) is 0 Å². The minimum atomic E-state index is 0.0531. The molecule has 0 aliphatic carbocycles. The molecular weight excluding hydrogens is 340 g/mol. The van der Waals surface area contributed by atoms with E-state index in [2.05, 4.69) is 39.9 Å². The van der Waals surface area contributed by atoms with Crippen molar-refractivity contribution in [1.29, 1.82) is 0 Å². The van der Waals surface area contributed by atoms with E-state index < -0.39 is 0 Å². The van der Waals surface area contributed by atoms with Crippen LogP contribution in [-0.2, 0) is 6.54 Å². The molecule has 1 aliphatic rings. The van der Waals surface area contributed by atoms with Crippen molar-refractivity contribution in [2.24, 2.45) is 5.92 Å². The maximum Gasteiger partial charge on any atom is 0.253 e. The van der Waals surface area contributed by atoms with Gasteiger partial charge in [-0.2, -0.15) is 5.10 Å². The molecule has 7 heteroatoms. The maximum absolute atomic E-state index is 12.3. The van der Waals surface area contributed by atoms with Gasteiger partial charge in [0.2, 0.25) is 0 Å². The molecule has 1 aliphatic heterocycles. The van der Waals surface area contributed by atoms with Crippen LogP contribution < -0.4 is 10.5 Å². The number of rotatable bonds is 4. The second-order valence-electron chi connectivity index (χ2n) is 7.76. The summed E-state index contributed by atoms with van der Waals surface area (Å²) < 4.78 is 3.65. The molecule has 0 radical (unpaired) electrons. The van der Waals surface area contributed by atoms with Gasteiger partial charge < -0.3 is 4.90 Å². The fraction of sp³-hybridized carbons (Fsp3) is 0.500. The highest BCUT2D eigenvalue weighted by atomic mass is 16.1. The van der Waals surface area contributed by atoms with E-state index in [1.54, 1.807) is 17.0 Å². The van der Waals surface area contributed by atoms with Crippen LogP contribution in [0.25, 0.3) is 5.52 Å². The SMILES string of the molecule is Cc1cc2c(N3CCC(Cn4cnc(C(C)C)cc4=O)CC3)nccn2n1. The van der Waals surface area contributed by atoms with E-state index in [1.165, 1.54) is 0 Å². The van der Waals surface area contributed by atoms with E-state index in [0.717, 1.165) is 55.2 Å². The molecule has 1 fully saturated rings. The van der Waals surface area contributed by atoms with Gasteiger partial charge in [-0.25, -0.2) is 14.5 Å². The summed E-state index contributed by atoms with van der Waals surface area (Å²) in [5.74, 6) is 1.76. The van der Waals surface area contributed by atoms with Gasteiger partial charge in [-0.1, -0.05) is 13.8 Å². The van der Waals surface area contributed by atoms with Gasteiger partial charge >= 0.3 is 0 Å². The first-order valence-electron chi connectivity index (χ1n) is 9.63. The monoisotopic (exact) mass is 366 g/mol. The first-order chi connectivity index (χ1) is 13.0. The number of aryl methyl sites for hydroxylation is 1. The first-order valence-corrected chi connectivity index (χ1v) is 9.63. The number of hydrogen-bond acceptors (Lipinski definition) is 5. The van der Waals surface area contributed by atoms with Crippen molar-refractivity contribution in [2.45, 2.75) is 46.1 Å². The van der Waals surface area contributed by atoms with Crippen LogP contribution in [0, 0.1) is 12.8 Å². The minimum absolute atomic E-state index is 0.0531. The number of nitrogens with zero attached hydrogens (tertiary/aromatic N) is 6. The van der Waals surface area contributed by atoms with Gasteiger partial charge in [-0.05, 0) is 37.7 Å². The van der Waals surface area contributed by atoms with Gasteiger partial charge in [0, 0.05) is 38.1 Å². The normalized spacial score (nSPS) is 15.8. The Labute approximate surface area is 158 Å². The van der Waals surface area contributed by atoms with E-state index in [4.69, 9.17) is 0 Å². The van der Waals surface area contributed by atoms with Gasteiger partial charge in [-0.15, -0.1) is 0 Å². The zero-order valence-corrected chi connectivity index (χ0v) is 16.2. The molecule has 4 rings (SSSR count). The van der Waals surface area contributed by atoms with Crippen LogP contribution in [0.4, 0.5) is 5.82 Å². The summed E-state index contributed by atoms with van der Waals surface area (Å²) in [4.78, 5) is 23.7. The number of piperidine rings is 1. The third-order valence-electron chi connectivity index (χ3n) is 5.35. The molecule has 27 heavy (non-hydrogen) atoms. The fourth-order valence-corrected chi connectivity index (χ4v) is 3.77. The standard InChI is InChI=1S/C20H26N6O/c1-14(2)17-11-19(27)25(13-22-17)12-16-4-7-24(8-5-16)20-18-10-15(3)23-26(18)9-6-21-20/h6,9-11,13-14,16H,4-5,7-8,12H2,1-3H3. The van der Waals surface area contributed by atoms with Crippen molar-refractivity contribution < 1.29 is 0 Å². The van der Waals surface area contributed by atoms with Crippen LogP contribution in [-0.4, -0.2) is 37.2 Å². The molecule has 1 saturated heterocycles. The summed E-state index contributed by atoms with van der Waals surface area (Å²) in [5, 5.41) is 4.47. The third-order valence-corrected chi connectivity index (χ3v) is 5.35. The predicted octanol–water partition coefficient (Wildman–Crippen LogP) is 2.63. The van der Waals surface area contributed by atoms with Gasteiger partial charge in [0.05, 0.1) is 17.7 Å². The zero-order chi connectivity index (χ0) is 19.0. The lowest BCUT2D eigenvalue weighted by Gasteiger charge is -2.33. The lowest BCUT2D eigenvalue weighted by atomic mass is 9.96. The molecule has 0 amide bonds. The number of fused-ring (bicyclic) bond motifs is 1. The Kier molecular flexibility index (Phi) is 4.68. The molecule has 0 atom stereocenters. The molecule has 0 bridgehead atoms. The molecule has 4 heterocycles. The molecule has 0 N–H and O–H groups in total. The Balaban J connectivity index is 1.44. The van der Waals surface area contributed by atoms with Gasteiger partial charge in [0.1, 0.15) is 5.52 Å². The van der Waals surface area contributed by atoms with E-state index in [0.29, 0.717) is 5.92 Å². The highest BCUT2D eigenvalue weighted by Gasteiger charge is 2.22. The van der Waals surface area contributed by atoms with Gasteiger partial charge in [0.25, 0.3) is 5.56 Å². The lowest BCUT2D eigenvalue weighted by molar-refractivity contribution is 0.350. The Morgan fingerprint density at radius 2 is 1.96 bits per heavy atom. The summed E-state index contributed by atoms with van der Waals surface area (Å²) in [6.07, 6.45) is 7.48. The predicted molar refractivity (Wildman–Crippen MR) is 105 cm³/mol. The Morgan fingerprint density at radius 3 is 2.67 bits per heavy atom. The molecular formula is C20H26N6O. The quantitative estimate of drug-likeness (QED) is 0.710. The van der Waals surface area contributed by atoms with Crippen molar-refractivity contribution in [3.05, 3.63) is 52.6 Å². The second-order valence-corrected chi connectivity index (χ2v) is 7.76. The summed E-state index contributed by atoms with van der Waals surface area (Å²) >= 11 is 0. The smallest absolute Gasteiger partial charge is 0.253 e. The van der Waals surface area contributed by atoms with Crippen LogP contribution in [0.2, 0.25) is 0 Å². The van der Waals surface area contributed by atoms with Gasteiger partial charge in [-0.3, -0.25) is 9.36 Å². The van der Waals surface area contributed by atoms with Crippen LogP contribution >= 0.6 is 0 Å². The molecule has 0 unspecified atom stereocenters. The second kappa shape index (κ2) is 7.13. The van der Waals surface area contributed by atoms with Crippen molar-refractivity contribution >= 4 is 11.3 Å². The Hall–Kier alpha value is -2.70. The van der Waals surface area contributed by atoms with E-state index in [-0.39, 0.29) is 11.5 Å². The Bertz CT molecular complexity index is 997. The van der Waals surface area contributed by atoms with E-state index >= 15 is 0 Å². The van der Waals surface area contributed by atoms with E-state index in [1.807, 2.05) is 23.8 Å². The largest absolute Gasteiger partial charge is 0.355 e. The molecule has 0 saturated carbocycles. The summed E-state index contributed by atoms with van der Waals surface area (Å²) in [5.41, 5.74) is 2.97. The molecule has 3 aromatic rings. The highest BCUT2D eigenvalue weighted by molar-refractivity contribution is 5.69. The van der Waals surface area contributed by atoms with Crippen LogP contribution in [0.5, 0.6) is 0 Å². The lowest BCUT2D eigenvalue weighted by Crippen LogP contribution is -2.37. The first kappa shape index (κ1) is 17.7. The highest BCUT2D eigenvalue weighted by Crippen LogP contribution is 2.26. The Morgan fingerprint density at radius 1 is 1.19 bits per heavy atom. The molecule has 3 aromatic heterocycles. The minimum Gasteiger partial charge on any atom is -0.355 e. The average Bonchev–Trinajstić information content (AvgIpc) is 3.04. The van der Waals surface area contributed by atoms with E-state index in [9.17, 15) is 4.79 Å². The summed E-state index contributed by atoms with van der Waals surface area (Å²) in [7, 11) is 0.